The van der Waals surface area contributed by atoms with E-state index in [0.717, 1.165) is 22.1 Å². The number of rotatable bonds is 9. The molecule has 0 saturated carbocycles. The summed E-state index contributed by atoms with van der Waals surface area (Å²) in [5.41, 5.74) is 1.90. The Morgan fingerprint density at radius 2 is 2.03 bits per heavy atom. The lowest BCUT2D eigenvalue weighted by molar-refractivity contribution is -0.118. The first kappa shape index (κ1) is 25.7. The van der Waals surface area contributed by atoms with Gasteiger partial charge in [-0.2, -0.15) is 0 Å². The van der Waals surface area contributed by atoms with E-state index in [1.165, 1.54) is 0 Å². The Kier molecular flexibility index (Phi) is 11.8. The van der Waals surface area contributed by atoms with Crippen LogP contribution in [-0.4, -0.2) is 28.3 Å². The summed E-state index contributed by atoms with van der Waals surface area (Å²) >= 11 is 12.3. The number of benzene rings is 1. The Morgan fingerprint density at radius 3 is 2.63 bits per heavy atom. The third kappa shape index (κ3) is 8.56. The van der Waals surface area contributed by atoms with Gasteiger partial charge in [-0.3, -0.25) is 9.59 Å². The molecule has 0 radical (unpaired) electrons. The zero-order valence-corrected chi connectivity index (χ0v) is 19.4. The summed E-state index contributed by atoms with van der Waals surface area (Å²) in [5, 5.41) is 3.83. The molecule has 2 aromatic rings. The molecular weight excluding hydrogens is 421 g/mol. The monoisotopic (exact) mass is 449 g/mol. The Morgan fingerprint density at radius 1 is 1.33 bits per heavy atom. The molecule has 0 aliphatic heterocycles. The van der Waals surface area contributed by atoms with Crippen molar-refractivity contribution in [2.24, 2.45) is 0 Å². The highest BCUT2D eigenvalue weighted by Crippen LogP contribution is 2.29. The van der Waals surface area contributed by atoms with Gasteiger partial charge in [0, 0.05) is 36.2 Å². The number of nitrogens with zero attached hydrogens (tertiary/aromatic N) is 2. The van der Waals surface area contributed by atoms with Crippen molar-refractivity contribution < 1.29 is 9.59 Å². The second-order valence-electron chi connectivity index (χ2n) is 6.58. The molecule has 7 heteroatoms. The van der Waals surface area contributed by atoms with Crippen molar-refractivity contribution in [2.45, 2.75) is 46.6 Å². The smallest absolute Gasteiger partial charge is 0.207 e. The summed E-state index contributed by atoms with van der Waals surface area (Å²) in [4.78, 5) is 24.8. The Labute approximate surface area is 188 Å². The van der Waals surface area contributed by atoms with E-state index in [9.17, 15) is 9.59 Å². The van der Waals surface area contributed by atoms with Crippen LogP contribution in [0.15, 0.2) is 53.7 Å². The van der Waals surface area contributed by atoms with Crippen molar-refractivity contribution in [1.29, 1.82) is 0 Å². The van der Waals surface area contributed by atoms with Crippen LogP contribution >= 0.6 is 23.2 Å². The molecule has 1 heterocycles. The Bertz CT molecular complexity index is 888. The summed E-state index contributed by atoms with van der Waals surface area (Å²) < 4.78 is 2.10. The summed E-state index contributed by atoms with van der Waals surface area (Å²) in [5.74, 6) is 1.05. The summed E-state index contributed by atoms with van der Waals surface area (Å²) in [6.45, 7) is 8.26. The number of aromatic nitrogens is 2. The van der Waals surface area contributed by atoms with E-state index in [0.29, 0.717) is 30.8 Å². The zero-order valence-electron chi connectivity index (χ0n) is 17.9. The molecule has 1 atom stereocenters. The number of halogens is 2. The molecule has 162 valence electrons. The van der Waals surface area contributed by atoms with Gasteiger partial charge in [0.25, 0.3) is 0 Å². The van der Waals surface area contributed by atoms with Crippen LogP contribution in [-0.2, 0) is 9.59 Å². The molecule has 5 nitrogen and oxygen atoms in total. The van der Waals surface area contributed by atoms with Gasteiger partial charge < -0.3 is 9.88 Å². The fourth-order valence-electron chi connectivity index (χ4n) is 2.54. The average molecular weight is 450 g/mol. The van der Waals surface area contributed by atoms with Gasteiger partial charge in [0.2, 0.25) is 6.41 Å². The van der Waals surface area contributed by atoms with Gasteiger partial charge in [-0.1, -0.05) is 54.4 Å². The number of carbonyl (C=O) groups is 2. The third-order valence-electron chi connectivity index (χ3n) is 4.24. The molecule has 1 amide bonds. The van der Waals surface area contributed by atoms with E-state index in [-0.39, 0.29) is 11.8 Å². The molecule has 0 aliphatic rings. The van der Waals surface area contributed by atoms with Crippen LogP contribution in [0.1, 0.15) is 45.3 Å². The quantitative estimate of drug-likeness (QED) is 0.295. The van der Waals surface area contributed by atoms with Gasteiger partial charge in [0.1, 0.15) is 11.6 Å². The predicted molar refractivity (Wildman–Crippen MR) is 125 cm³/mol. The molecule has 0 fully saturated rings. The first-order valence-corrected chi connectivity index (χ1v) is 10.6. The van der Waals surface area contributed by atoms with Crippen molar-refractivity contribution in [3.05, 3.63) is 64.4 Å². The summed E-state index contributed by atoms with van der Waals surface area (Å²) in [7, 11) is 0. The van der Waals surface area contributed by atoms with Gasteiger partial charge in [-0.05, 0) is 39.0 Å². The van der Waals surface area contributed by atoms with E-state index >= 15 is 0 Å². The molecule has 1 aromatic heterocycles. The van der Waals surface area contributed by atoms with E-state index < -0.39 is 0 Å². The number of nitrogens with one attached hydrogen (secondary N) is 1. The maximum absolute atomic E-state index is 10.5. The maximum Gasteiger partial charge on any atom is 0.207 e. The molecule has 0 spiro atoms. The lowest BCUT2D eigenvalue weighted by Gasteiger charge is -2.13. The lowest BCUT2D eigenvalue weighted by Crippen LogP contribution is -2.15. The highest BCUT2D eigenvalue weighted by atomic mass is 35.5. The number of imidazole rings is 1. The normalized spacial score (nSPS) is 12.3. The van der Waals surface area contributed by atoms with Gasteiger partial charge >= 0.3 is 0 Å². The number of Topliss-reactive ketones (excluding diaryl/α,β-unsaturated/α-hetero) is 1. The number of hydrogen-bond acceptors (Lipinski definition) is 3. The van der Waals surface area contributed by atoms with Crippen molar-refractivity contribution >= 4 is 35.4 Å². The standard InChI is InChI=1S/C17H18Cl2N2.C6H11NO2/c1-4-14(18)10-9-13(3)21-11-12(2)20-17(21)15-7-5-6-8-16(15)19;1-2-6(9)3-4-7-5-8/h4-11,13H,1-3H3;5H,2-4H2,1H3,(H,7,8)/b10-9-,14-4+;. The molecule has 1 aromatic carbocycles. The van der Waals surface area contributed by atoms with Crippen LogP contribution in [0.4, 0.5) is 0 Å². The van der Waals surface area contributed by atoms with Crippen LogP contribution in [0.5, 0.6) is 0 Å². The zero-order chi connectivity index (χ0) is 22.5. The number of allylic oxidation sites excluding steroid dienone is 4. The highest BCUT2D eigenvalue weighted by Gasteiger charge is 2.14. The fraction of sp³-hybridized carbons (Fsp3) is 0.348. The minimum atomic E-state index is 0.131. The van der Waals surface area contributed by atoms with Gasteiger partial charge in [0.15, 0.2) is 0 Å². The van der Waals surface area contributed by atoms with Gasteiger partial charge in [0.05, 0.1) is 16.8 Å². The first-order valence-electron chi connectivity index (χ1n) is 9.83. The number of hydrogen-bond donors (Lipinski definition) is 1. The molecule has 0 aliphatic carbocycles. The van der Waals surface area contributed by atoms with E-state index in [2.05, 4.69) is 21.8 Å². The molecule has 0 saturated heterocycles. The van der Waals surface area contributed by atoms with Gasteiger partial charge in [-0.15, -0.1) is 0 Å². The highest BCUT2D eigenvalue weighted by molar-refractivity contribution is 6.33. The predicted octanol–water partition coefficient (Wildman–Crippen LogP) is 5.87. The van der Waals surface area contributed by atoms with Crippen LogP contribution in [0.3, 0.4) is 0 Å². The van der Waals surface area contributed by atoms with E-state index in [1.54, 1.807) is 0 Å². The van der Waals surface area contributed by atoms with E-state index in [1.807, 2.05) is 69.5 Å². The summed E-state index contributed by atoms with van der Waals surface area (Å²) in [6, 6.07) is 7.87. The minimum Gasteiger partial charge on any atom is -0.358 e. The maximum atomic E-state index is 10.5. The third-order valence-corrected chi connectivity index (χ3v) is 4.92. The summed E-state index contributed by atoms with van der Waals surface area (Å²) in [6.07, 6.45) is 9.44. The number of ketones is 1. The van der Waals surface area contributed by atoms with Crippen molar-refractivity contribution in [3.8, 4) is 11.4 Å². The van der Waals surface area contributed by atoms with Crippen molar-refractivity contribution in [3.63, 3.8) is 0 Å². The topological polar surface area (TPSA) is 64.0 Å². The molecule has 1 N–H and O–H groups in total. The SMILES string of the molecule is C/C=C(Cl)\C=C/C(C)n1cc(C)nc1-c1ccccc1Cl.CCC(=O)CCNC=O. The molecule has 1 unspecified atom stereocenters. The average Bonchev–Trinajstić information content (AvgIpc) is 3.14. The Hall–Kier alpha value is -2.37. The van der Waals surface area contributed by atoms with Crippen molar-refractivity contribution in [1.82, 2.24) is 14.9 Å². The van der Waals surface area contributed by atoms with Crippen LogP contribution < -0.4 is 5.32 Å². The van der Waals surface area contributed by atoms with Gasteiger partial charge in [-0.25, -0.2) is 4.98 Å². The number of amides is 1. The molecule has 2 rings (SSSR count). The number of carbonyl (C=O) groups excluding carboxylic acids is 2. The fourth-order valence-corrected chi connectivity index (χ4v) is 2.83. The lowest BCUT2D eigenvalue weighted by atomic mass is 10.2. The molecule has 30 heavy (non-hydrogen) atoms. The van der Waals surface area contributed by atoms with Crippen LogP contribution in [0.25, 0.3) is 11.4 Å². The minimum absolute atomic E-state index is 0.131. The molecular formula is C23H29Cl2N3O2. The first-order chi connectivity index (χ1) is 14.3. The largest absolute Gasteiger partial charge is 0.358 e. The number of aryl methyl sites for hydroxylation is 1. The van der Waals surface area contributed by atoms with Crippen LogP contribution in [0, 0.1) is 6.92 Å². The van der Waals surface area contributed by atoms with Crippen molar-refractivity contribution in [2.75, 3.05) is 6.54 Å². The van der Waals surface area contributed by atoms with Crippen LogP contribution in [0.2, 0.25) is 5.02 Å². The second-order valence-corrected chi connectivity index (χ2v) is 7.42. The van der Waals surface area contributed by atoms with E-state index in [4.69, 9.17) is 23.2 Å². The molecule has 0 bridgehead atoms. The Balaban J connectivity index is 0.000000424. The second kappa shape index (κ2) is 13.8.